The van der Waals surface area contributed by atoms with E-state index in [0.29, 0.717) is 18.3 Å². The number of amides is 1. The van der Waals surface area contributed by atoms with Crippen LogP contribution in [0.3, 0.4) is 0 Å². The average molecular weight is 427 g/mol. The summed E-state index contributed by atoms with van der Waals surface area (Å²) in [7, 11) is -1.97. The predicted molar refractivity (Wildman–Crippen MR) is 113 cm³/mol. The summed E-state index contributed by atoms with van der Waals surface area (Å²) in [5.41, 5.74) is 3.07. The van der Waals surface area contributed by atoms with E-state index in [1.807, 2.05) is 0 Å². The highest BCUT2D eigenvalue weighted by Gasteiger charge is 2.41. The molecule has 2 aromatic rings. The van der Waals surface area contributed by atoms with Gasteiger partial charge in [-0.05, 0) is 68.0 Å². The zero-order chi connectivity index (χ0) is 20.9. The highest BCUT2D eigenvalue weighted by molar-refractivity contribution is 7.90. The second kappa shape index (κ2) is 7.39. The third kappa shape index (κ3) is 3.03. The molecule has 1 aliphatic carbocycles. The fourth-order valence-corrected chi connectivity index (χ4v) is 7.04. The molecule has 2 aromatic carbocycles. The van der Waals surface area contributed by atoms with Crippen LogP contribution in [0, 0.1) is 5.92 Å². The van der Waals surface area contributed by atoms with Crippen LogP contribution in [0.25, 0.3) is 0 Å². The van der Waals surface area contributed by atoms with Crippen molar-refractivity contribution in [2.24, 2.45) is 5.92 Å². The molecule has 0 aromatic heterocycles. The summed E-state index contributed by atoms with van der Waals surface area (Å²) in [6, 6.07) is 12.8. The van der Waals surface area contributed by atoms with E-state index in [0.717, 1.165) is 42.5 Å². The number of likely N-dealkylation sites (tertiary alicyclic amines) is 1. The maximum absolute atomic E-state index is 12.7. The predicted octanol–water partition coefficient (Wildman–Crippen LogP) is 2.89. The third-order valence-electron chi connectivity index (χ3n) is 6.79. The minimum absolute atomic E-state index is 0.133. The molecule has 6 nitrogen and oxygen atoms in total. The second-order valence-electron chi connectivity index (χ2n) is 8.43. The van der Waals surface area contributed by atoms with Crippen molar-refractivity contribution < 1.29 is 17.9 Å². The summed E-state index contributed by atoms with van der Waals surface area (Å²) >= 11 is 0. The van der Waals surface area contributed by atoms with Gasteiger partial charge in [-0.15, -0.1) is 0 Å². The first-order chi connectivity index (χ1) is 14.5. The Hall–Kier alpha value is -2.38. The van der Waals surface area contributed by atoms with Crippen molar-refractivity contribution in [3.05, 3.63) is 59.2 Å². The number of carbonyl (C=O) groups is 1. The maximum atomic E-state index is 12.7. The molecule has 0 unspecified atom stereocenters. The van der Waals surface area contributed by atoms with Gasteiger partial charge in [-0.3, -0.25) is 4.79 Å². The maximum Gasteiger partial charge on any atom is 0.269 e. The van der Waals surface area contributed by atoms with Gasteiger partial charge in [0, 0.05) is 18.7 Å². The molecule has 1 fully saturated rings. The van der Waals surface area contributed by atoms with Crippen molar-refractivity contribution in [2.75, 3.05) is 33.3 Å². The number of ether oxygens (including phenoxy) is 1. The van der Waals surface area contributed by atoms with E-state index in [9.17, 15) is 13.2 Å². The summed E-state index contributed by atoms with van der Waals surface area (Å²) in [6.07, 6.45) is 2.80. The monoisotopic (exact) mass is 426 g/mol. The normalized spacial score (nSPS) is 24.4. The lowest BCUT2D eigenvalue weighted by Crippen LogP contribution is -2.40. The van der Waals surface area contributed by atoms with E-state index >= 15 is 0 Å². The van der Waals surface area contributed by atoms with Crippen LogP contribution < -0.4 is 4.74 Å². The Labute approximate surface area is 177 Å². The van der Waals surface area contributed by atoms with Crippen molar-refractivity contribution in [1.82, 2.24) is 9.21 Å². The van der Waals surface area contributed by atoms with Crippen LogP contribution in [0.5, 0.6) is 5.75 Å². The first-order valence-corrected chi connectivity index (χ1v) is 12.0. The van der Waals surface area contributed by atoms with Crippen molar-refractivity contribution in [1.29, 1.82) is 0 Å². The highest BCUT2D eigenvalue weighted by Crippen LogP contribution is 2.47. The van der Waals surface area contributed by atoms with Crippen LogP contribution in [0.1, 0.15) is 40.2 Å². The Balaban J connectivity index is 1.20. The third-order valence-corrected chi connectivity index (χ3v) is 8.64. The zero-order valence-corrected chi connectivity index (χ0v) is 17.9. The van der Waals surface area contributed by atoms with Crippen LogP contribution in [0.2, 0.25) is 0 Å². The summed E-state index contributed by atoms with van der Waals surface area (Å²) in [6.45, 7) is 3.02. The molecule has 0 saturated carbocycles. The molecule has 3 aliphatic rings. The number of hydrogen-bond acceptors (Lipinski definition) is 5. The first-order valence-electron chi connectivity index (χ1n) is 10.5. The van der Waals surface area contributed by atoms with Crippen LogP contribution in [-0.2, 0) is 16.4 Å². The largest absolute Gasteiger partial charge is 0.496 e. The quantitative estimate of drug-likeness (QED) is 0.736. The molecule has 0 spiro atoms. The van der Waals surface area contributed by atoms with Gasteiger partial charge in [0.1, 0.15) is 10.6 Å². The van der Waals surface area contributed by atoms with Crippen LogP contribution in [-0.4, -0.2) is 56.8 Å². The van der Waals surface area contributed by atoms with E-state index in [-0.39, 0.29) is 17.0 Å². The van der Waals surface area contributed by atoms with Gasteiger partial charge in [0.05, 0.1) is 12.7 Å². The Morgan fingerprint density at radius 3 is 2.73 bits per heavy atom. The molecule has 2 atom stereocenters. The highest BCUT2D eigenvalue weighted by atomic mass is 32.2. The number of piperidine rings is 1. The van der Waals surface area contributed by atoms with Crippen molar-refractivity contribution in [2.45, 2.75) is 30.1 Å². The number of sulfonamides is 1. The number of benzene rings is 2. The van der Waals surface area contributed by atoms with Crippen LogP contribution >= 0.6 is 0 Å². The Morgan fingerprint density at radius 2 is 1.93 bits per heavy atom. The molecule has 1 saturated heterocycles. The van der Waals surface area contributed by atoms with Crippen LogP contribution in [0.15, 0.2) is 47.4 Å². The molecule has 7 heteroatoms. The average Bonchev–Trinajstić information content (AvgIpc) is 3.22. The van der Waals surface area contributed by atoms with Gasteiger partial charge >= 0.3 is 0 Å². The molecular weight excluding hydrogens is 400 g/mol. The van der Waals surface area contributed by atoms with Crippen molar-refractivity contribution in [3.63, 3.8) is 0 Å². The minimum Gasteiger partial charge on any atom is -0.496 e. The van der Waals surface area contributed by atoms with Crippen LogP contribution in [0.4, 0.5) is 0 Å². The lowest BCUT2D eigenvalue weighted by atomic mass is 9.85. The molecule has 158 valence electrons. The van der Waals surface area contributed by atoms with E-state index in [4.69, 9.17) is 4.74 Å². The number of carbonyl (C=O) groups excluding carboxylic acids is 1. The first kappa shape index (κ1) is 19.6. The Bertz CT molecular complexity index is 1100. The lowest BCUT2D eigenvalue weighted by Gasteiger charge is -2.35. The topological polar surface area (TPSA) is 66.9 Å². The molecule has 5 rings (SSSR count). The minimum atomic E-state index is -3.71. The summed E-state index contributed by atoms with van der Waals surface area (Å²) in [5, 5.41) is 0. The van der Waals surface area contributed by atoms with E-state index in [1.165, 1.54) is 17.2 Å². The molecule has 30 heavy (non-hydrogen) atoms. The van der Waals surface area contributed by atoms with E-state index < -0.39 is 15.9 Å². The van der Waals surface area contributed by atoms with Crippen molar-refractivity contribution >= 4 is 15.9 Å². The SMILES string of the molecule is COc1cccc2c1[C@H]1CCN(CCCN3C(=O)c4ccccc4S3(=O)=O)C[C@@H]1C2. The smallest absolute Gasteiger partial charge is 0.269 e. The molecule has 0 radical (unpaired) electrons. The fraction of sp³-hybridized carbons (Fsp3) is 0.435. The summed E-state index contributed by atoms with van der Waals surface area (Å²) < 4.78 is 32.0. The number of methoxy groups -OCH3 is 1. The second-order valence-corrected chi connectivity index (χ2v) is 10.3. The Kier molecular flexibility index (Phi) is 4.82. The standard InChI is InChI=1S/C23H26N2O4S/c1-29-20-8-4-6-16-14-17-15-24(13-10-18(17)22(16)20)11-5-12-25-23(26)19-7-2-3-9-21(19)30(25,27)28/h2-4,6-9,17-18H,5,10-15H2,1H3/t17-,18-/m0/s1. The molecule has 1 amide bonds. The van der Waals surface area contributed by atoms with Gasteiger partial charge in [-0.2, -0.15) is 0 Å². The zero-order valence-electron chi connectivity index (χ0n) is 17.1. The number of fused-ring (bicyclic) bond motifs is 4. The molecule has 2 heterocycles. The van der Waals surface area contributed by atoms with Gasteiger partial charge in [0.2, 0.25) is 0 Å². The summed E-state index contributed by atoms with van der Waals surface area (Å²) in [5.74, 6) is 1.72. The van der Waals surface area contributed by atoms with Gasteiger partial charge in [0.15, 0.2) is 0 Å². The summed E-state index contributed by atoms with van der Waals surface area (Å²) in [4.78, 5) is 15.1. The van der Waals surface area contributed by atoms with Gasteiger partial charge < -0.3 is 9.64 Å². The van der Waals surface area contributed by atoms with Gasteiger partial charge in [-0.1, -0.05) is 24.3 Å². The molecule has 0 bridgehead atoms. The lowest BCUT2D eigenvalue weighted by molar-refractivity contribution is 0.0862. The Morgan fingerprint density at radius 1 is 1.10 bits per heavy atom. The molecular formula is C23H26N2O4S. The molecule has 0 N–H and O–H groups in total. The fourth-order valence-electron chi connectivity index (χ4n) is 5.44. The number of hydrogen-bond donors (Lipinski definition) is 0. The van der Waals surface area contributed by atoms with E-state index in [2.05, 4.69) is 23.1 Å². The number of rotatable bonds is 5. The van der Waals surface area contributed by atoms with Gasteiger partial charge in [0.25, 0.3) is 15.9 Å². The number of nitrogens with zero attached hydrogens (tertiary/aromatic N) is 2. The van der Waals surface area contributed by atoms with Gasteiger partial charge in [-0.25, -0.2) is 12.7 Å². The van der Waals surface area contributed by atoms with Crippen molar-refractivity contribution in [3.8, 4) is 5.75 Å². The van der Waals surface area contributed by atoms with E-state index in [1.54, 1.807) is 25.3 Å². The molecule has 2 aliphatic heterocycles.